The molecule has 0 spiro atoms. The van der Waals surface area contributed by atoms with Crippen LogP contribution in [-0.2, 0) is 14.3 Å². The summed E-state index contributed by atoms with van der Waals surface area (Å²) in [5, 5.41) is 0. The van der Waals surface area contributed by atoms with Crippen LogP contribution in [0.25, 0.3) is 0 Å². The molecule has 0 aromatic rings. The average Bonchev–Trinajstić information content (AvgIpc) is 2.13. The summed E-state index contributed by atoms with van der Waals surface area (Å²) >= 11 is 0. The van der Waals surface area contributed by atoms with E-state index in [1.54, 1.807) is 13.8 Å². The zero-order chi connectivity index (χ0) is 12.0. The molecule has 0 aliphatic carbocycles. The Labute approximate surface area is 90.6 Å². The second kappa shape index (κ2) is 6.40. The fourth-order valence-electron chi connectivity index (χ4n) is 1.12. The molecule has 0 saturated carbocycles. The predicted octanol–water partition coefficient (Wildman–Crippen LogP) is 0.134. The first-order valence-corrected chi connectivity index (χ1v) is 5.11. The van der Waals surface area contributed by atoms with Crippen LogP contribution in [-0.4, -0.2) is 42.0 Å². The molecule has 0 aliphatic rings. The van der Waals surface area contributed by atoms with Crippen LogP contribution >= 0.6 is 0 Å². The lowest BCUT2D eigenvalue weighted by atomic mass is 10.2. The number of nitrogens with two attached hydrogens (primary N) is 1. The van der Waals surface area contributed by atoms with Gasteiger partial charge in [-0.3, -0.25) is 9.59 Å². The fourth-order valence-corrected chi connectivity index (χ4v) is 1.12. The molecule has 0 aromatic heterocycles. The van der Waals surface area contributed by atoms with Crippen molar-refractivity contribution in [3.8, 4) is 0 Å². The van der Waals surface area contributed by atoms with Gasteiger partial charge in [-0.2, -0.15) is 0 Å². The largest absolute Gasteiger partial charge is 0.465 e. The van der Waals surface area contributed by atoms with E-state index in [9.17, 15) is 9.59 Å². The number of ether oxygens (including phenoxy) is 1. The van der Waals surface area contributed by atoms with E-state index in [-0.39, 0.29) is 18.5 Å². The van der Waals surface area contributed by atoms with Crippen molar-refractivity contribution in [2.45, 2.75) is 39.8 Å². The van der Waals surface area contributed by atoms with Crippen LogP contribution in [0.2, 0.25) is 0 Å². The normalized spacial score (nSPS) is 12.4. The average molecular weight is 216 g/mol. The first-order chi connectivity index (χ1) is 6.90. The lowest BCUT2D eigenvalue weighted by molar-refractivity contribution is -0.150. The van der Waals surface area contributed by atoms with Gasteiger partial charge in [-0.1, -0.05) is 0 Å². The summed E-state index contributed by atoms with van der Waals surface area (Å²) in [7, 11) is 0. The maximum absolute atomic E-state index is 11.6. The molecular weight excluding hydrogens is 196 g/mol. The van der Waals surface area contributed by atoms with Crippen LogP contribution < -0.4 is 5.73 Å². The zero-order valence-electron chi connectivity index (χ0n) is 9.82. The molecule has 5 nitrogen and oxygen atoms in total. The first kappa shape index (κ1) is 13.9. The van der Waals surface area contributed by atoms with Gasteiger partial charge in [0.25, 0.3) is 0 Å². The van der Waals surface area contributed by atoms with E-state index in [1.165, 1.54) is 4.90 Å². The quantitative estimate of drug-likeness (QED) is 0.663. The van der Waals surface area contributed by atoms with Crippen LogP contribution in [0, 0.1) is 0 Å². The number of carbonyl (C=O) groups is 2. The Morgan fingerprint density at radius 1 is 1.33 bits per heavy atom. The summed E-state index contributed by atoms with van der Waals surface area (Å²) in [5.74, 6) is -0.641. The molecule has 5 heteroatoms. The van der Waals surface area contributed by atoms with Gasteiger partial charge in [0.1, 0.15) is 6.54 Å². The minimum Gasteiger partial charge on any atom is -0.465 e. The molecule has 0 aliphatic heterocycles. The topological polar surface area (TPSA) is 72.6 Å². The first-order valence-electron chi connectivity index (χ1n) is 5.11. The second-order valence-electron chi connectivity index (χ2n) is 3.65. The molecule has 0 heterocycles. The highest BCUT2D eigenvalue weighted by atomic mass is 16.5. The van der Waals surface area contributed by atoms with Crippen LogP contribution in [0.15, 0.2) is 0 Å². The Morgan fingerprint density at radius 2 is 1.87 bits per heavy atom. The predicted molar refractivity (Wildman–Crippen MR) is 57.1 cm³/mol. The third-order valence-corrected chi connectivity index (χ3v) is 1.90. The van der Waals surface area contributed by atoms with Gasteiger partial charge in [-0.25, -0.2) is 0 Å². The molecule has 0 rings (SSSR count). The summed E-state index contributed by atoms with van der Waals surface area (Å²) in [6.45, 7) is 7.27. The Hall–Kier alpha value is -1.10. The number of esters is 1. The van der Waals surface area contributed by atoms with E-state index >= 15 is 0 Å². The van der Waals surface area contributed by atoms with E-state index in [2.05, 4.69) is 0 Å². The molecule has 0 saturated heterocycles. The molecule has 15 heavy (non-hydrogen) atoms. The summed E-state index contributed by atoms with van der Waals surface area (Å²) in [5.41, 5.74) is 5.48. The number of rotatable bonds is 5. The molecule has 1 amide bonds. The highest BCUT2D eigenvalue weighted by Crippen LogP contribution is 2.01. The van der Waals surface area contributed by atoms with Crippen LogP contribution in [0.5, 0.6) is 0 Å². The van der Waals surface area contributed by atoms with Gasteiger partial charge in [0.15, 0.2) is 0 Å². The van der Waals surface area contributed by atoms with Gasteiger partial charge in [0.05, 0.1) is 12.6 Å². The van der Waals surface area contributed by atoms with E-state index in [0.29, 0.717) is 6.61 Å². The number of hydrogen-bond acceptors (Lipinski definition) is 4. The monoisotopic (exact) mass is 216 g/mol. The van der Waals surface area contributed by atoms with E-state index in [0.717, 1.165) is 0 Å². The highest BCUT2D eigenvalue weighted by molar-refractivity contribution is 5.85. The van der Waals surface area contributed by atoms with Crippen molar-refractivity contribution in [2.75, 3.05) is 13.2 Å². The van der Waals surface area contributed by atoms with Gasteiger partial charge in [-0.15, -0.1) is 0 Å². The fraction of sp³-hybridized carbons (Fsp3) is 0.800. The Balaban J connectivity index is 4.41. The number of carbonyl (C=O) groups excluding carboxylic acids is 2. The summed E-state index contributed by atoms with van der Waals surface area (Å²) in [6, 6.07) is -0.658. The lowest BCUT2D eigenvalue weighted by Gasteiger charge is -2.27. The molecule has 2 N–H and O–H groups in total. The smallest absolute Gasteiger partial charge is 0.325 e. The third kappa shape index (κ3) is 4.78. The lowest BCUT2D eigenvalue weighted by Crippen LogP contribution is -2.48. The van der Waals surface area contributed by atoms with Crippen molar-refractivity contribution in [1.29, 1.82) is 0 Å². The van der Waals surface area contributed by atoms with Gasteiger partial charge in [0, 0.05) is 6.04 Å². The maximum atomic E-state index is 11.6. The van der Waals surface area contributed by atoms with Gasteiger partial charge in [0.2, 0.25) is 5.91 Å². The molecule has 0 aromatic carbocycles. The van der Waals surface area contributed by atoms with Crippen LogP contribution in [0.1, 0.15) is 27.7 Å². The minimum atomic E-state index is -0.596. The summed E-state index contributed by atoms with van der Waals surface area (Å²) < 4.78 is 4.78. The standard InChI is InChI=1S/C10H20N2O3/c1-5-15-9(13)6-12(7(2)3)10(14)8(4)11/h7-8H,5-6,11H2,1-4H3. The van der Waals surface area contributed by atoms with Crippen molar-refractivity contribution < 1.29 is 14.3 Å². The Kier molecular flexibility index (Phi) is 5.93. The van der Waals surface area contributed by atoms with Crippen LogP contribution in [0.4, 0.5) is 0 Å². The third-order valence-electron chi connectivity index (χ3n) is 1.90. The van der Waals surface area contributed by atoms with Crippen LogP contribution in [0.3, 0.4) is 0 Å². The molecule has 0 bridgehead atoms. The molecule has 88 valence electrons. The second-order valence-corrected chi connectivity index (χ2v) is 3.65. The Bertz CT molecular complexity index is 227. The summed E-state index contributed by atoms with van der Waals surface area (Å²) in [6.07, 6.45) is 0. The van der Waals surface area contributed by atoms with E-state index in [1.807, 2.05) is 13.8 Å². The minimum absolute atomic E-state index is 0.0358. The van der Waals surface area contributed by atoms with E-state index in [4.69, 9.17) is 10.5 Å². The number of hydrogen-bond donors (Lipinski definition) is 1. The molecule has 0 radical (unpaired) electrons. The molecule has 1 atom stereocenters. The van der Waals surface area contributed by atoms with E-state index < -0.39 is 12.0 Å². The molecular formula is C10H20N2O3. The van der Waals surface area contributed by atoms with Crippen molar-refractivity contribution in [2.24, 2.45) is 5.73 Å². The van der Waals surface area contributed by atoms with Gasteiger partial charge < -0.3 is 15.4 Å². The molecule has 1 unspecified atom stereocenters. The van der Waals surface area contributed by atoms with Crippen molar-refractivity contribution in [3.63, 3.8) is 0 Å². The van der Waals surface area contributed by atoms with Gasteiger partial charge >= 0.3 is 5.97 Å². The van der Waals surface area contributed by atoms with Crippen molar-refractivity contribution in [1.82, 2.24) is 4.90 Å². The highest BCUT2D eigenvalue weighted by Gasteiger charge is 2.22. The zero-order valence-corrected chi connectivity index (χ0v) is 9.82. The Morgan fingerprint density at radius 3 is 2.20 bits per heavy atom. The van der Waals surface area contributed by atoms with Gasteiger partial charge in [-0.05, 0) is 27.7 Å². The summed E-state index contributed by atoms with van der Waals surface area (Å²) in [4.78, 5) is 24.3. The number of amides is 1. The SMILES string of the molecule is CCOC(=O)CN(C(=O)C(C)N)C(C)C. The maximum Gasteiger partial charge on any atom is 0.325 e. The molecule has 0 fully saturated rings. The van der Waals surface area contributed by atoms with Crippen molar-refractivity contribution in [3.05, 3.63) is 0 Å². The van der Waals surface area contributed by atoms with Crippen molar-refractivity contribution >= 4 is 11.9 Å². The number of nitrogens with zero attached hydrogens (tertiary/aromatic N) is 1.